The molecule has 5 nitrogen and oxygen atoms in total. The summed E-state index contributed by atoms with van der Waals surface area (Å²) >= 11 is 1.29. The maximum Gasteiger partial charge on any atom is 0.313 e. The van der Waals surface area contributed by atoms with Crippen molar-refractivity contribution in [1.29, 1.82) is 0 Å². The number of nitrogens with one attached hydrogen (secondary N) is 1. The van der Waals surface area contributed by atoms with E-state index < -0.39 is 5.97 Å². The highest BCUT2D eigenvalue weighted by Crippen LogP contribution is 2.25. The third-order valence-electron chi connectivity index (χ3n) is 3.26. The van der Waals surface area contributed by atoms with Crippen molar-refractivity contribution < 1.29 is 19.4 Å². The smallest absolute Gasteiger partial charge is 0.313 e. The molecule has 1 saturated carbocycles. The van der Waals surface area contributed by atoms with Crippen LogP contribution in [0.25, 0.3) is 0 Å². The summed E-state index contributed by atoms with van der Waals surface area (Å²) in [5.74, 6) is 0.274. The Kier molecular flexibility index (Phi) is 7.90. The van der Waals surface area contributed by atoms with Gasteiger partial charge in [-0.15, -0.1) is 11.8 Å². The summed E-state index contributed by atoms with van der Waals surface area (Å²) in [4.78, 5) is 21.8. The zero-order valence-electron chi connectivity index (χ0n) is 11.4. The molecular formula is C13H23NO4S. The number of carbonyl (C=O) groups excluding carboxylic acids is 1. The minimum Gasteiger partial charge on any atom is -0.481 e. The van der Waals surface area contributed by atoms with Gasteiger partial charge in [0.1, 0.15) is 6.61 Å². The fourth-order valence-corrected chi connectivity index (χ4v) is 2.75. The summed E-state index contributed by atoms with van der Waals surface area (Å²) in [6, 6.07) is 0. The average Bonchev–Trinajstić information content (AvgIpc) is 2.37. The fraction of sp³-hybridized carbons (Fsp3) is 0.846. The van der Waals surface area contributed by atoms with Crippen LogP contribution in [0.2, 0.25) is 0 Å². The van der Waals surface area contributed by atoms with Crippen LogP contribution in [0, 0.1) is 5.92 Å². The second kappa shape index (κ2) is 9.20. The molecule has 19 heavy (non-hydrogen) atoms. The maximum atomic E-state index is 11.5. The highest BCUT2D eigenvalue weighted by molar-refractivity contribution is 7.99. The minimum absolute atomic E-state index is 0.0754. The Morgan fingerprint density at radius 2 is 2.11 bits per heavy atom. The van der Waals surface area contributed by atoms with E-state index >= 15 is 0 Å². The monoisotopic (exact) mass is 289 g/mol. The summed E-state index contributed by atoms with van der Waals surface area (Å²) < 4.78 is 5.64. The van der Waals surface area contributed by atoms with E-state index in [1.807, 2.05) is 0 Å². The van der Waals surface area contributed by atoms with Crippen LogP contribution in [0.1, 0.15) is 32.6 Å². The van der Waals surface area contributed by atoms with Gasteiger partial charge >= 0.3 is 5.97 Å². The molecular weight excluding hydrogens is 266 g/mol. The van der Waals surface area contributed by atoms with Crippen molar-refractivity contribution in [3.05, 3.63) is 0 Å². The molecule has 0 bridgehead atoms. The number of hydrogen-bond acceptors (Lipinski definition) is 4. The number of aliphatic carboxylic acids is 1. The van der Waals surface area contributed by atoms with E-state index in [1.165, 1.54) is 31.0 Å². The highest BCUT2D eigenvalue weighted by Gasteiger charge is 2.22. The number of rotatable bonds is 8. The lowest BCUT2D eigenvalue weighted by atomic mass is 9.88. The Morgan fingerprint density at radius 1 is 1.37 bits per heavy atom. The lowest BCUT2D eigenvalue weighted by Crippen LogP contribution is -2.34. The topological polar surface area (TPSA) is 75.6 Å². The molecule has 0 radical (unpaired) electrons. The maximum absolute atomic E-state index is 11.5. The quantitative estimate of drug-likeness (QED) is 0.663. The zero-order chi connectivity index (χ0) is 14.1. The van der Waals surface area contributed by atoms with Crippen LogP contribution < -0.4 is 5.32 Å². The Balaban J connectivity index is 2.02. The number of carboxylic acid groups (broad SMARTS) is 1. The first-order chi connectivity index (χ1) is 9.09. The predicted octanol–water partition coefficient (Wildman–Crippen LogP) is 1.52. The van der Waals surface area contributed by atoms with Gasteiger partial charge in [-0.25, -0.2) is 0 Å². The van der Waals surface area contributed by atoms with Crippen molar-refractivity contribution in [3.63, 3.8) is 0 Å². The Bertz CT molecular complexity index is 298. The zero-order valence-corrected chi connectivity index (χ0v) is 12.2. The molecule has 0 spiro atoms. The second-order valence-corrected chi connectivity index (χ2v) is 6.01. The van der Waals surface area contributed by atoms with Gasteiger partial charge < -0.3 is 15.2 Å². The standard InChI is InChI=1S/C13H23NO4S/c1-10-4-2-3-5-11(10)18-8-12(15)14-6-7-19-9-13(16)17/h10-11H,2-9H2,1H3,(H,14,15)(H,16,17). The molecule has 0 aliphatic heterocycles. The molecule has 0 heterocycles. The lowest BCUT2D eigenvalue weighted by Gasteiger charge is -2.28. The second-order valence-electron chi connectivity index (χ2n) is 4.91. The van der Waals surface area contributed by atoms with Gasteiger partial charge in [-0.3, -0.25) is 9.59 Å². The van der Waals surface area contributed by atoms with Crippen LogP contribution in [-0.4, -0.2) is 47.7 Å². The van der Waals surface area contributed by atoms with E-state index in [9.17, 15) is 9.59 Å². The van der Waals surface area contributed by atoms with Gasteiger partial charge in [-0.2, -0.15) is 0 Å². The van der Waals surface area contributed by atoms with Crippen LogP contribution in [0.4, 0.5) is 0 Å². The number of carboxylic acids is 1. The molecule has 0 aromatic carbocycles. The first-order valence-corrected chi connectivity index (χ1v) is 7.93. The Hall–Kier alpha value is -0.750. The molecule has 110 valence electrons. The van der Waals surface area contributed by atoms with E-state index in [0.29, 0.717) is 18.2 Å². The fourth-order valence-electron chi connectivity index (χ4n) is 2.19. The van der Waals surface area contributed by atoms with Gasteiger partial charge in [-0.1, -0.05) is 19.8 Å². The van der Waals surface area contributed by atoms with E-state index in [2.05, 4.69) is 12.2 Å². The van der Waals surface area contributed by atoms with Crippen LogP contribution >= 0.6 is 11.8 Å². The lowest BCUT2D eigenvalue weighted by molar-refractivity contribution is -0.134. The van der Waals surface area contributed by atoms with Crippen LogP contribution in [-0.2, 0) is 14.3 Å². The molecule has 1 amide bonds. The first-order valence-electron chi connectivity index (χ1n) is 6.77. The SMILES string of the molecule is CC1CCCCC1OCC(=O)NCCSCC(=O)O. The predicted molar refractivity (Wildman–Crippen MR) is 75.3 cm³/mol. The molecule has 0 aromatic heterocycles. The van der Waals surface area contributed by atoms with Crippen molar-refractivity contribution in [1.82, 2.24) is 5.32 Å². The van der Waals surface area contributed by atoms with E-state index in [1.54, 1.807) is 0 Å². The van der Waals surface area contributed by atoms with E-state index in [4.69, 9.17) is 9.84 Å². The summed E-state index contributed by atoms with van der Waals surface area (Å²) in [5, 5.41) is 11.2. The number of thioether (sulfide) groups is 1. The molecule has 2 unspecified atom stereocenters. The van der Waals surface area contributed by atoms with Gasteiger partial charge in [0.2, 0.25) is 5.91 Å². The third kappa shape index (κ3) is 7.42. The van der Waals surface area contributed by atoms with Gasteiger partial charge in [0.15, 0.2) is 0 Å². The van der Waals surface area contributed by atoms with Crippen molar-refractivity contribution in [3.8, 4) is 0 Å². The number of carbonyl (C=O) groups is 2. The molecule has 1 aliphatic carbocycles. The van der Waals surface area contributed by atoms with Crippen molar-refractivity contribution in [2.24, 2.45) is 5.92 Å². The molecule has 6 heteroatoms. The molecule has 2 atom stereocenters. The van der Waals surface area contributed by atoms with E-state index in [0.717, 1.165) is 6.42 Å². The number of hydrogen-bond donors (Lipinski definition) is 2. The summed E-state index contributed by atoms with van der Waals surface area (Å²) in [6.45, 7) is 2.77. The van der Waals surface area contributed by atoms with Gasteiger partial charge in [-0.05, 0) is 18.8 Å². The largest absolute Gasteiger partial charge is 0.481 e. The van der Waals surface area contributed by atoms with Crippen LogP contribution in [0.15, 0.2) is 0 Å². The first kappa shape index (κ1) is 16.3. The summed E-state index contributed by atoms with van der Waals surface area (Å²) in [6.07, 6.45) is 4.87. The molecule has 2 N–H and O–H groups in total. The van der Waals surface area contributed by atoms with Crippen LogP contribution in [0.5, 0.6) is 0 Å². The highest BCUT2D eigenvalue weighted by atomic mass is 32.2. The number of ether oxygens (including phenoxy) is 1. The third-order valence-corrected chi connectivity index (χ3v) is 4.20. The van der Waals surface area contributed by atoms with E-state index in [-0.39, 0.29) is 24.4 Å². The molecule has 1 aliphatic rings. The molecule has 1 fully saturated rings. The summed E-state index contributed by atoms with van der Waals surface area (Å²) in [5.41, 5.74) is 0. The Labute approximate surface area is 118 Å². The van der Waals surface area contributed by atoms with Crippen LogP contribution in [0.3, 0.4) is 0 Å². The van der Waals surface area contributed by atoms with Crippen molar-refractivity contribution >= 4 is 23.6 Å². The number of amides is 1. The average molecular weight is 289 g/mol. The van der Waals surface area contributed by atoms with Gasteiger partial charge in [0, 0.05) is 12.3 Å². The van der Waals surface area contributed by atoms with Gasteiger partial charge in [0.05, 0.1) is 11.9 Å². The molecule has 0 saturated heterocycles. The Morgan fingerprint density at radius 3 is 2.79 bits per heavy atom. The normalized spacial score (nSPS) is 23.0. The van der Waals surface area contributed by atoms with Crippen molar-refractivity contribution in [2.75, 3.05) is 24.7 Å². The molecule has 1 rings (SSSR count). The molecule has 0 aromatic rings. The van der Waals surface area contributed by atoms with Gasteiger partial charge in [0.25, 0.3) is 0 Å². The van der Waals surface area contributed by atoms with Crippen molar-refractivity contribution in [2.45, 2.75) is 38.7 Å². The summed E-state index contributed by atoms with van der Waals surface area (Å²) in [7, 11) is 0. The minimum atomic E-state index is -0.828.